The number of nitrogens with zero attached hydrogens (tertiary/aromatic N) is 3. The summed E-state index contributed by atoms with van der Waals surface area (Å²) in [7, 11) is 0. The molecule has 1 N–H and O–H groups in total. The van der Waals surface area contributed by atoms with Crippen LogP contribution in [-0.4, -0.2) is 45.9 Å². The third kappa shape index (κ3) is 2.60. The van der Waals surface area contributed by atoms with Gasteiger partial charge < -0.3 is 10.2 Å². The van der Waals surface area contributed by atoms with Gasteiger partial charge in [0.1, 0.15) is 4.88 Å². The Balaban J connectivity index is 1.48. The zero-order valence-corrected chi connectivity index (χ0v) is 11.6. The van der Waals surface area contributed by atoms with Crippen molar-refractivity contribution in [3.05, 3.63) is 10.6 Å². The second-order valence-corrected chi connectivity index (χ2v) is 6.04. The summed E-state index contributed by atoms with van der Waals surface area (Å²) in [6.45, 7) is 3.58. The molecule has 1 saturated heterocycles. The first-order valence-corrected chi connectivity index (χ1v) is 7.28. The Morgan fingerprint density at radius 3 is 2.74 bits per heavy atom. The van der Waals surface area contributed by atoms with Gasteiger partial charge in [-0.25, -0.2) is 0 Å². The highest BCUT2D eigenvalue weighted by atomic mass is 32.1. The molecule has 2 aliphatic rings. The minimum atomic E-state index is -0.0567. The highest BCUT2D eigenvalue weighted by Crippen LogP contribution is 2.28. The fraction of sp³-hybridized carbons (Fsp3) is 0.667. The molecule has 0 spiro atoms. The molecule has 3 rings (SSSR count). The molecule has 0 bridgehead atoms. The van der Waals surface area contributed by atoms with Gasteiger partial charge in [0.15, 0.2) is 0 Å². The average Bonchev–Trinajstić information content (AvgIpc) is 3.05. The lowest BCUT2D eigenvalue weighted by molar-refractivity contribution is -0.129. The number of aryl methyl sites for hydroxylation is 1. The smallest absolute Gasteiger partial charge is 0.267 e. The van der Waals surface area contributed by atoms with Crippen molar-refractivity contribution in [2.24, 2.45) is 11.8 Å². The minimum Gasteiger partial charge on any atom is -0.355 e. The third-order valence-corrected chi connectivity index (χ3v) is 4.46. The zero-order chi connectivity index (χ0) is 13.4. The fourth-order valence-electron chi connectivity index (χ4n) is 2.09. The molecule has 0 radical (unpaired) electrons. The number of carbonyl (C=O) groups is 2. The molecular formula is C12H16N4O2S. The molecule has 7 heteroatoms. The Kier molecular flexibility index (Phi) is 3.22. The molecule has 1 aromatic rings. The van der Waals surface area contributed by atoms with Crippen LogP contribution in [0.4, 0.5) is 0 Å². The predicted molar refractivity (Wildman–Crippen MR) is 69.8 cm³/mol. The molecule has 6 nitrogen and oxygen atoms in total. The maximum atomic E-state index is 12.1. The summed E-state index contributed by atoms with van der Waals surface area (Å²) >= 11 is 1.11. The molecule has 0 atom stereocenters. The van der Waals surface area contributed by atoms with Crippen molar-refractivity contribution in [1.82, 2.24) is 19.8 Å². The molecule has 19 heavy (non-hydrogen) atoms. The van der Waals surface area contributed by atoms with Crippen molar-refractivity contribution in [3.8, 4) is 0 Å². The number of hydrogen-bond acceptors (Lipinski definition) is 5. The number of nitrogens with one attached hydrogen (secondary N) is 1. The van der Waals surface area contributed by atoms with Crippen LogP contribution in [0.1, 0.15) is 28.2 Å². The zero-order valence-electron chi connectivity index (χ0n) is 10.8. The maximum Gasteiger partial charge on any atom is 0.267 e. The van der Waals surface area contributed by atoms with Gasteiger partial charge in [0.2, 0.25) is 5.91 Å². The van der Waals surface area contributed by atoms with Crippen molar-refractivity contribution in [2.45, 2.75) is 19.8 Å². The molecular weight excluding hydrogens is 264 g/mol. The predicted octanol–water partition coefficient (Wildman–Crippen LogP) is 0.445. The Morgan fingerprint density at radius 1 is 1.42 bits per heavy atom. The van der Waals surface area contributed by atoms with Gasteiger partial charge in [-0.05, 0) is 37.2 Å². The van der Waals surface area contributed by atoms with Crippen LogP contribution in [0.5, 0.6) is 0 Å². The van der Waals surface area contributed by atoms with Crippen LogP contribution in [0.15, 0.2) is 0 Å². The number of amides is 2. The Labute approximate surface area is 115 Å². The molecule has 0 unspecified atom stereocenters. The molecule has 1 aliphatic carbocycles. The van der Waals surface area contributed by atoms with E-state index in [2.05, 4.69) is 14.9 Å². The lowest BCUT2D eigenvalue weighted by Gasteiger charge is -2.37. The lowest BCUT2D eigenvalue weighted by atomic mass is 9.98. The molecule has 2 fully saturated rings. The molecule has 1 aromatic heterocycles. The van der Waals surface area contributed by atoms with Crippen molar-refractivity contribution >= 4 is 23.3 Å². The number of aromatic nitrogens is 2. The molecule has 1 aliphatic heterocycles. The standard InChI is InChI=1S/C12H16N4O2S/c1-7-10(19-15-14-7)12(18)16-5-9(6-16)11(17)13-4-8-2-3-8/h8-9H,2-6H2,1H3,(H,13,17). The van der Waals surface area contributed by atoms with E-state index >= 15 is 0 Å². The second-order valence-electron chi connectivity index (χ2n) is 5.28. The number of likely N-dealkylation sites (tertiary alicyclic amines) is 1. The van der Waals surface area contributed by atoms with E-state index in [0.717, 1.165) is 18.1 Å². The van der Waals surface area contributed by atoms with E-state index in [1.54, 1.807) is 11.8 Å². The van der Waals surface area contributed by atoms with Crippen molar-refractivity contribution in [3.63, 3.8) is 0 Å². The summed E-state index contributed by atoms with van der Waals surface area (Å²) in [5.74, 6) is 0.658. The van der Waals surface area contributed by atoms with E-state index in [1.165, 1.54) is 12.8 Å². The summed E-state index contributed by atoms with van der Waals surface area (Å²) in [4.78, 5) is 26.2. The van der Waals surface area contributed by atoms with E-state index in [9.17, 15) is 9.59 Å². The van der Waals surface area contributed by atoms with Crippen molar-refractivity contribution in [1.29, 1.82) is 0 Å². The van der Waals surface area contributed by atoms with Gasteiger partial charge in [0, 0.05) is 19.6 Å². The van der Waals surface area contributed by atoms with Gasteiger partial charge in [-0.1, -0.05) is 4.49 Å². The largest absolute Gasteiger partial charge is 0.355 e. The van der Waals surface area contributed by atoms with Crippen LogP contribution in [0, 0.1) is 18.8 Å². The van der Waals surface area contributed by atoms with Gasteiger partial charge in [-0.15, -0.1) is 5.10 Å². The lowest BCUT2D eigenvalue weighted by Crippen LogP contribution is -2.55. The highest BCUT2D eigenvalue weighted by molar-refractivity contribution is 7.07. The summed E-state index contributed by atoms with van der Waals surface area (Å²) in [5.41, 5.74) is 0.664. The Bertz CT molecular complexity index is 506. The monoisotopic (exact) mass is 280 g/mol. The Morgan fingerprint density at radius 2 is 2.16 bits per heavy atom. The fourth-order valence-corrected chi connectivity index (χ4v) is 2.72. The average molecular weight is 280 g/mol. The first kappa shape index (κ1) is 12.5. The number of hydrogen-bond donors (Lipinski definition) is 1. The highest BCUT2D eigenvalue weighted by Gasteiger charge is 2.37. The first-order chi connectivity index (χ1) is 9.15. The Hall–Kier alpha value is -1.50. The SMILES string of the molecule is Cc1nnsc1C(=O)N1CC(C(=O)NCC2CC2)C1. The van der Waals surface area contributed by atoms with Crippen LogP contribution in [0.25, 0.3) is 0 Å². The minimum absolute atomic E-state index is 0.0520. The van der Waals surface area contributed by atoms with E-state index in [-0.39, 0.29) is 17.7 Å². The maximum absolute atomic E-state index is 12.1. The van der Waals surface area contributed by atoms with E-state index in [1.807, 2.05) is 0 Å². The van der Waals surface area contributed by atoms with Crippen LogP contribution in [0.2, 0.25) is 0 Å². The molecule has 2 heterocycles. The van der Waals surface area contributed by atoms with Gasteiger partial charge in [-0.3, -0.25) is 9.59 Å². The molecule has 1 saturated carbocycles. The normalized spacial score (nSPS) is 19.1. The van der Waals surface area contributed by atoms with Gasteiger partial charge in [0.05, 0.1) is 11.6 Å². The number of rotatable bonds is 4. The quantitative estimate of drug-likeness (QED) is 0.868. The van der Waals surface area contributed by atoms with E-state index in [0.29, 0.717) is 29.6 Å². The van der Waals surface area contributed by atoms with Gasteiger partial charge in [0.25, 0.3) is 5.91 Å². The van der Waals surface area contributed by atoms with Crippen LogP contribution in [-0.2, 0) is 4.79 Å². The van der Waals surface area contributed by atoms with Crippen LogP contribution < -0.4 is 5.32 Å². The second kappa shape index (κ2) is 4.88. The van der Waals surface area contributed by atoms with Crippen molar-refractivity contribution in [2.75, 3.05) is 19.6 Å². The molecule has 0 aromatic carbocycles. The third-order valence-electron chi connectivity index (χ3n) is 3.65. The van der Waals surface area contributed by atoms with Crippen LogP contribution in [0.3, 0.4) is 0 Å². The summed E-state index contributed by atoms with van der Waals surface area (Å²) in [5, 5.41) is 6.78. The van der Waals surface area contributed by atoms with E-state index < -0.39 is 0 Å². The van der Waals surface area contributed by atoms with Gasteiger partial charge >= 0.3 is 0 Å². The van der Waals surface area contributed by atoms with E-state index in [4.69, 9.17) is 0 Å². The van der Waals surface area contributed by atoms with Gasteiger partial charge in [-0.2, -0.15) is 0 Å². The van der Waals surface area contributed by atoms with Crippen LogP contribution >= 0.6 is 11.5 Å². The van der Waals surface area contributed by atoms with Crippen molar-refractivity contribution < 1.29 is 9.59 Å². The molecule has 102 valence electrons. The summed E-state index contributed by atoms with van der Waals surface area (Å²) < 4.78 is 3.76. The molecule has 2 amide bonds. The summed E-state index contributed by atoms with van der Waals surface area (Å²) in [6.07, 6.45) is 2.46. The topological polar surface area (TPSA) is 75.2 Å². The summed E-state index contributed by atoms with van der Waals surface area (Å²) in [6, 6.07) is 0. The first-order valence-electron chi connectivity index (χ1n) is 6.51. The number of carbonyl (C=O) groups excluding carboxylic acids is 2.